The smallest absolute Gasteiger partial charge is 0.407 e. The molecule has 6 nitrogen and oxygen atoms in total. The summed E-state index contributed by atoms with van der Waals surface area (Å²) in [5.74, 6) is 0.874. The number of rotatable bonds is 6. The molecular weight excluding hydrogens is 390 g/mol. The fourth-order valence-electron chi connectivity index (χ4n) is 3.86. The summed E-state index contributed by atoms with van der Waals surface area (Å²) in [5.41, 5.74) is 1.95. The van der Waals surface area contributed by atoms with Crippen LogP contribution in [0.3, 0.4) is 0 Å². The molecule has 2 aromatic rings. The highest BCUT2D eigenvalue weighted by atomic mass is 16.6. The highest BCUT2D eigenvalue weighted by Gasteiger charge is 2.23. The molecule has 166 valence electrons. The molecule has 2 amide bonds. The number of hydrogen-bond acceptors (Lipinski definition) is 4. The number of carbonyl (C=O) groups is 2. The molecule has 0 aliphatic heterocycles. The summed E-state index contributed by atoms with van der Waals surface area (Å²) in [6.45, 7) is 6.91. The van der Waals surface area contributed by atoms with Crippen molar-refractivity contribution in [1.29, 1.82) is 0 Å². The van der Waals surface area contributed by atoms with Gasteiger partial charge in [0.1, 0.15) is 5.60 Å². The summed E-state index contributed by atoms with van der Waals surface area (Å²) in [5, 5.41) is 5.96. The first-order valence-electron chi connectivity index (χ1n) is 11.1. The minimum Gasteiger partial charge on any atom is -0.444 e. The van der Waals surface area contributed by atoms with Crippen molar-refractivity contribution >= 4 is 12.0 Å². The van der Waals surface area contributed by atoms with Gasteiger partial charge in [0.25, 0.3) is 5.91 Å². The number of carbonyl (C=O) groups excluding carboxylic acids is 2. The maximum absolute atomic E-state index is 12.6. The first-order valence-corrected chi connectivity index (χ1v) is 11.1. The molecule has 1 aromatic heterocycles. The molecular formula is C25H33N3O3. The first-order chi connectivity index (χ1) is 14.8. The van der Waals surface area contributed by atoms with E-state index >= 15 is 0 Å². The number of benzene rings is 1. The average Bonchev–Trinajstić information content (AvgIpc) is 2.76. The van der Waals surface area contributed by atoms with Gasteiger partial charge in [-0.25, -0.2) is 4.79 Å². The zero-order valence-electron chi connectivity index (χ0n) is 18.7. The van der Waals surface area contributed by atoms with Crippen LogP contribution in [0.15, 0.2) is 48.7 Å². The van der Waals surface area contributed by atoms with E-state index in [1.807, 2.05) is 57.2 Å². The number of nitrogens with one attached hydrogen (secondary N) is 2. The van der Waals surface area contributed by atoms with Crippen molar-refractivity contribution in [3.8, 4) is 11.3 Å². The standard InChI is InChI=1S/C25H33N3O3/c1-25(2,3)31-24(30)28-17-19-11-9-18(10-12-19)16-27-23(29)21-13-14-26-22(15-21)20-7-5-4-6-8-20/h4-8,13-15,18-19H,9-12,16-17H2,1-3H3,(H,27,29)(H,28,30)/t18-,19-. The molecule has 0 bridgehead atoms. The van der Waals surface area contributed by atoms with E-state index in [4.69, 9.17) is 4.74 Å². The summed E-state index contributed by atoms with van der Waals surface area (Å²) in [4.78, 5) is 28.8. The topological polar surface area (TPSA) is 80.3 Å². The molecule has 6 heteroatoms. The van der Waals surface area contributed by atoms with Crippen LogP contribution < -0.4 is 10.6 Å². The fourth-order valence-corrected chi connectivity index (χ4v) is 3.86. The molecule has 0 radical (unpaired) electrons. The van der Waals surface area contributed by atoms with Crippen molar-refractivity contribution in [2.45, 2.75) is 52.1 Å². The lowest BCUT2D eigenvalue weighted by Crippen LogP contribution is -2.37. The van der Waals surface area contributed by atoms with Crippen LogP contribution in [0.1, 0.15) is 56.8 Å². The third kappa shape index (κ3) is 7.39. The van der Waals surface area contributed by atoms with Crippen LogP contribution in [0, 0.1) is 11.8 Å². The Labute approximate surface area is 184 Å². The molecule has 1 heterocycles. The second kappa shape index (κ2) is 10.4. The van der Waals surface area contributed by atoms with Crippen LogP contribution in [-0.2, 0) is 4.74 Å². The number of hydrogen-bond donors (Lipinski definition) is 2. The van der Waals surface area contributed by atoms with E-state index in [1.54, 1.807) is 12.3 Å². The first kappa shape index (κ1) is 22.8. The minimum absolute atomic E-state index is 0.0618. The second-order valence-corrected chi connectivity index (χ2v) is 9.28. The van der Waals surface area contributed by atoms with E-state index in [0.29, 0.717) is 30.5 Å². The molecule has 0 spiro atoms. The van der Waals surface area contributed by atoms with Gasteiger partial charge in [-0.15, -0.1) is 0 Å². The molecule has 31 heavy (non-hydrogen) atoms. The van der Waals surface area contributed by atoms with E-state index in [2.05, 4.69) is 15.6 Å². The van der Waals surface area contributed by atoms with Gasteiger partial charge in [0.15, 0.2) is 0 Å². The monoisotopic (exact) mass is 423 g/mol. The van der Waals surface area contributed by atoms with Crippen LogP contribution >= 0.6 is 0 Å². The summed E-state index contributed by atoms with van der Waals surface area (Å²) in [6.07, 6.45) is 5.52. The van der Waals surface area contributed by atoms with Gasteiger partial charge in [0.05, 0.1) is 5.69 Å². The van der Waals surface area contributed by atoms with Crippen molar-refractivity contribution in [3.05, 3.63) is 54.2 Å². The number of nitrogens with zero attached hydrogens (tertiary/aromatic N) is 1. The van der Waals surface area contributed by atoms with Gasteiger partial charge >= 0.3 is 6.09 Å². The van der Waals surface area contributed by atoms with E-state index in [9.17, 15) is 9.59 Å². The Morgan fingerprint density at radius 2 is 1.58 bits per heavy atom. The normalized spacial score (nSPS) is 18.8. The Kier molecular flexibility index (Phi) is 7.66. The van der Waals surface area contributed by atoms with Gasteiger partial charge in [-0.3, -0.25) is 9.78 Å². The largest absolute Gasteiger partial charge is 0.444 e. The third-order valence-electron chi connectivity index (χ3n) is 5.54. The van der Waals surface area contributed by atoms with Gasteiger partial charge in [0, 0.05) is 30.4 Å². The maximum atomic E-state index is 12.6. The van der Waals surface area contributed by atoms with Gasteiger partial charge in [-0.1, -0.05) is 30.3 Å². The predicted molar refractivity (Wildman–Crippen MR) is 122 cm³/mol. The number of aromatic nitrogens is 1. The minimum atomic E-state index is -0.476. The molecule has 1 aliphatic carbocycles. The lowest BCUT2D eigenvalue weighted by Gasteiger charge is -2.29. The SMILES string of the molecule is CC(C)(C)OC(=O)NC[C@H]1CC[C@H](CNC(=O)c2ccnc(-c3ccccc3)c2)CC1. The zero-order chi connectivity index (χ0) is 22.3. The molecule has 0 saturated heterocycles. The van der Waals surface area contributed by atoms with Crippen molar-refractivity contribution < 1.29 is 14.3 Å². The summed E-state index contributed by atoms with van der Waals surface area (Å²) >= 11 is 0. The number of amides is 2. The summed E-state index contributed by atoms with van der Waals surface area (Å²) < 4.78 is 5.29. The zero-order valence-corrected chi connectivity index (χ0v) is 18.7. The van der Waals surface area contributed by atoms with Gasteiger partial charge in [0.2, 0.25) is 0 Å². The van der Waals surface area contributed by atoms with Crippen molar-refractivity contribution in [2.75, 3.05) is 13.1 Å². The number of ether oxygens (including phenoxy) is 1. The number of alkyl carbamates (subject to hydrolysis) is 1. The lowest BCUT2D eigenvalue weighted by molar-refractivity contribution is 0.0512. The van der Waals surface area contributed by atoms with Gasteiger partial charge in [-0.05, 0) is 70.4 Å². The van der Waals surface area contributed by atoms with E-state index in [1.165, 1.54) is 0 Å². The lowest BCUT2D eigenvalue weighted by atomic mass is 9.82. The molecule has 0 unspecified atom stereocenters. The Morgan fingerprint density at radius 1 is 0.968 bits per heavy atom. The maximum Gasteiger partial charge on any atom is 0.407 e. The molecule has 1 aromatic carbocycles. The third-order valence-corrected chi connectivity index (χ3v) is 5.54. The van der Waals surface area contributed by atoms with Crippen molar-refractivity contribution in [2.24, 2.45) is 11.8 Å². The molecule has 1 fully saturated rings. The van der Waals surface area contributed by atoms with Crippen molar-refractivity contribution in [3.63, 3.8) is 0 Å². The average molecular weight is 424 g/mol. The Morgan fingerprint density at radius 3 is 2.19 bits per heavy atom. The van der Waals surface area contributed by atoms with Gasteiger partial charge < -0.3 is 15.4 Å². The highest BCUT2D eigenvalue weighted by Crippen LogP contribution is 2.28. The fraction of sp³-hybridized carbons (Fsp3) is 0.480. The van der Waals surface area contributed by atoms with E-state index in [0.717, 1.165) is 36.9 Å². The summed E-state index contributed by atoms with van der Waals surface area (Å²) in [7, 11) is 0. The van der Waals surface area contributed by atoms with Crippen LogP contribution in [0.4, 0.5) is 4.79 Å². The van der Waals surface area contributed by atoms with Crippen LogP contribution in [0.2, 0.25) is 0 Å². The Balaban J connectivity index is 1.41. The molecule has 0 atom stereocenters. The molecule has 1 aliphatic rings. The molecule has 2 N–H and O–H groups in total. The summed E-state index contributed by atoms with van der Waals surface area (Å²) in [6, 6.07) is 13.4. The van der Waals surface area contributed by atoms with E-state index < -0.39 is 5.60 Å². The van der Waals surface area contributed by atoms with Crippen molar-refractivity contribution in [1.82, 2.24) is 15.6 Å². The predicted octanol–water partition coefficient (Wildman–Crippen LogP) is 4.81. The van der Waals surface area contributed by atoms with E-state index in [-0.39, 0.29) is 12.0 Å². The van der Waals surface area contributed by atoms with Crippen LogP contribution in [0.25, 0.3) is 11.3 Å². The second-order valence-electron chi connectivity index (χ2n) is 9.28. The highest BCUT2D eigenvalue weighted by molar-refractivity contribution is 5.95. The molecule has 3 rings (SSSR count). The van der Waals surface area contributed by atoms with Crippen LogP contribution in [0.5, 0.6) is 0 Å². The molecule has 1 saturated carbocycles. The number of pyridine rings is 1. The Bertz CT molecular complexity index is 869. The Hall–Kier alpha value is -2.89. The quantitative estimate of drug-likeness (QED) is 0.699. The van der Waals surface area contributed by atoms with Gasteiger partial charge in [-0.2, -0.15) is 0 Å². The van der Waals surface area contributed by atoms with Crippen LogP contribution in [-0.4, -0.2) is 35.7 Å².